The minimum Gasteiger partial charge on any atom is -0.508 e. The SMILES string of the molecule is COC1CCCN(Cc2cccc(O)c2)C1. The Balaban J connectivity index is 1.94. The minimum atomic E-state index is 0.345. The predicted molar refractivity (Wildman–Crippen MR) is 63.4 cm³/mol. The van der Waals surface area contributed by atoms with Gasteiger partial charge in [0.2, 0.25) is 0 Å². The van der Waals surface area contributed by atoms with Crippen molar-refractivity contribution >= 4 is 0 Å². The lowest BCUT2D eigenvalue weighted by atomic mass is 10.1. The molecule has 0 bridgehead atoms. The fourth-order valence-corrected chi connectivity index (χ4v) is 2.26. The van der Waals surface area contributed by atoms with Gasteiger partial charge in [-0.15, -0.1) is 0 Å². The first-order chi connectivity index (χ1) is 7.78. The van der Waals surface area contributed by atoms with Crippen LogP contribution in [-0.2, 0) is 11.3 Å². The number of benzene rings is 1. The van der Waals surface area contributed by atoms with E-state index in [0.717, 1.165) is 31.6 Å². The molecule has 16 heavy (non-hydrogen) atoms. The van der Waals surface area contributed by atoms with Crippen LogP contribution in [0.3, 0.4) is 0 Å². The number of nitrogens with zero attached hydrogens (tertiary/aromatic N) is 1. The first kappa shape index (κ1) is 11.4. The molecule has 3 heteroatoms. The lowest BCUT2D eigenvalue weighted by molar-refractivity contribution is 0.0285. The quantitative estimate of drug-likeness (QED) is 0.847. The van der Waals surface area contributed by atoms with Gasteiger partial charge in [0.05, 0.1) is 6.10 Å². The third-order valence-electron chi connectivity index (χ3n) is 3.11. The fourth-order valence-electron chi connectivity index (χ4n) is 2.26. The molecule has 1 aliphatic rings. The number of likely N-dealkylation sites (tertiary alicyclic amines) is 1. The van der Waals surface area contributed by atoms with E-state index in [0.29, 0.717) is 11.9 Å². The Hall–Kier alpha value is -1.06. The summed E-state index contributed by atoms with van der Waals surface area (Å²) in [4.78, 5) is 2.38. The van der Waals surface area contributed by atoms with Gasteiger partial charge in [-0.2, -0.15) is 0 Å². The van der Waals surface area contributed by atoms with Gasteiger partial charge in [0.25, 0.3) is 0 Å². The van der Waals surface area contributed by atoms with Gasteiger partial charge in [-0.3, -0.25) is 4.90 Å². The lowest BCUT2D eigenvalue weighted by Gasteiger charge is -2.31. The molecule has 0 amide bonds. The molecule has 1 atom stereocenters. The van der Waals surface area contributed by atoms with E-state index < -0.39 is 0 Å². The van der Waals surface area contributed by atoms with E-state index in [-0.39, 0.29) is 0 Å². The van der Waals surface area contributed by atoms with Gasteiger partial charge in [0, 0.05) is 20.2 Å². The average molecular weight is 221 g/mol. The second-order valence-electron chi connectivity index (χ2n) is 4.40. The van der Waals surface area contributed by atoms with E-state index >= 15 is 0 Å². The molecule has 3 nitrogen and oxygen atoms in total. The Bertz CT molecular complexity index is 340. The third-order valence-corrected chi connectivity index (χ3v) is 3.11. The Morgan fingerprint density at radius 2 is 2.38 bits per heavy atom. The van der Waals surface area contributed by atoms with Crippen LogP contribution in [0.25, 0.3) is 0 Å². The van der Waals surface area contributed by atoms with Crippen molar-refractivity contribution in [3.05, 3.63) is 29.8 Å². The van der Waals surface area contributed by atoms with Gasteiger partial charge >= 0.3 is 0 Å². The largest absolute Gasteiger partial charge is 0.508 e. The first-order valence-corrected chi connectivity index (χ1v) is 5.81. The Morgan fingerprint density at radius 1 is 1.50 bits per heavy atom. The highest BCUT2D eigenvalue weighted by atomic mass is 16.5. The molecule has 88 valence electrons. The first-order valence-electron chi connectivity index (χ1n) is 5.81. The van der Waals surface area contributed by atoms with Gasteiger partial charge in [0.15, 0.2) is 0 Å². The topological polar surface area (TPSA) is 32.7 Å². The molecule has 0 aliphatic carbocycles. The van der Waals surface area contributed by atoms with Gasteiger partial charge < -0.3 is 9.84 Å². The molecule has 1 aromatic rings. The second kappa shape index (κ2) is 5.32. The standard InChI is InChI=1S/C13H19NO2/c1-16-13-6-3-7-14(10-13)9-11-4-2-5-12(15)8-11/h2,4-5,8,13,15H,3,6-7,9-10H2,1H3. The monoisotopic (exact) mass is 221 g/mol. The van der Waals surface area contributed by atoms with E-state index in [1.807, 2.05) is 12.1 Å². The molecule has 0 radical (unpaired) electrons. The fraction of sp³-hybridized carbons (Fsp3) is 0.538. The maximum Gasteiger partial charge on any atom is 0.115 e. The zero-order valence-electron chi connectivity index (χ0n) is 9.72. The van der Waals surface area contributed by atoms with Crippen LogP contribution in [0.5, 0.6) is 5.75 Å². The van der Waals surface area contributed by atoms with Gasteiger partial charge in [-0.05, 0) is 37.1 Å². The molecule has 1 aliphatic heterocycles. The highest BCUT2D eigenvalue weighted by Crippen LogP contribution is 2.17. The van der Waals surface area contributed by atoms with Crippen molar-refractivity contribution in [2.75, 3.05) is 20.2 Å². The number of ether oxygens (including phenoxy) is 1. The molecular weight excluding hydrogens is 202 g/mol. The number of aromatic hydroxyl groups is 1. The van der Waals surface area contributed by atoms with Crippen molar-refractivity contribution in [1.29, 1.82) is 0 Å². The highest BCUT2D eigenvalue weighted by molar-refractivity contribution is 5.27. The van der Waals surface area contributed by atoms with Crippen LogP contribution in [0, 0.1) is 0 Å². The molecule has 1 aromatic carbocycles. The van der Waals surface area contributed by atoms with Crippen LogP contribution in [0.1, 0.15) is 18.4 Å². The molecule has 1 unspecified atom stereocenters. The molecule has 1 saturated heterocycles. The van der Waals surface area contributed by atoms with Crippen LogP contribution < -0.4 is 0 Å². The van der Waals surface area contributed by atoms with Crippen molar-refractivity contribution in [2.45, 2.75) is 25.5 Å². The molecule has 0 spiro atoms. The molecule has 0 saturated carbocycles. The Morgan fingerprint density at radius 3 is 3.12 bits per heavy atom. The number of rotatable bonds is 3. The van der Waals surface area contributed by atoms with Crippen LogP contribution in [-0.4, -0.2) is 36.3 Å². The number of methoxy groups -OCH3 is 1. The number of phenols is 1. The summed E-state index contributed by atoms with van der Waals surface area (Å²) in [6.45, 7) is 3.01. The van der Waals surface area contributed by atoms with Gasteiger partial charge in [-0.25, -0.2) is 0 Å². The van der Waals surface area contributed by atoms with E-state index in [1.165, 1.54) is 6.42 Å². The molecule has 1 fully saturated rings. The summed E-state index contributed by atoms with van der Waals surface area (Å²) in [5, 5.41) is 9.40. The van der Waals surface area contributed by atoms with Crippen LogP contribution in [0.4, 0.5) is 0 Å². The Kier molecular flexibility index (Phi) is 3.80. The van der Waals surface area contributed by atoms with Crippen molar-refractivity contribution in [3.63, 3.8) is 0 Å². The van der Waals surface area contributed by atoms with Crippen molar-refractivity contribution in [2.24, 2.45) is 0 Å². The summed E-state index contributed by atoms with van der Waals surface area (Å²) < 4.78 is 5.39. The predicted octanol–water partition coefficient (Wildman–Crippen LogP) is 2.00. The van der Waals surface area contributed by atoms with Crippen molar-refractivity contribution in [3.8, 4) is 5.75 Å². The average Bonchev–Trinajstić information content (AvgIpc) is 2.29. The Labute approximate surface area is 96.6 Å². The number of phenolic OH excluding ortho intramolecular Hbond substituents is 1. The summed E-state index contributed by atoms with van der Waals surface area (Å²) in [6.07, 6.45) is 2.72. The number of hydrogen-bond donors (Lipinski definition) is 1. The van der Waals surface area contributed by atoms with Crippen LogP contribution in [0.2, 0.25) is 0 Å². The van der Waals surface area contributed by atoms with Crippen molar-refractivity contribution in [1.82, 2.24) is 4.90 Å². The number of hydrogen-bond acceptors (Lipinski definition) is 3. The molecule has 0 aromatic heterocycles. The van der Waals surface area contributed by atoms with Gasteiger partial charge in [0.1, 0.15) is 5.75 Å². The maximum atomic E-state index is 9.40. The molecule has 1 N–H and O–H groups in total. The van der Waals surface area contributed by atoms with E-state index in [9.17, 15) is 5.11 Å². The highest BCUT2D eigenvalue weighted by Gasteiger charge is 2.19. The molecule has 1 heterocycles. The third kappa shape index (κ3) is 2.97. The molecule has 2 rings (SSSR count). The van der Waals surface area contributed by atoms with Crippen LogP contribution >= 0.6 is 0 Å². The zero-order valence-corrected chi connectivity index (χ0v) is 9.72. The van der Waals surface area contributed by atoms with E-state index in [1.54, 1.807) is 13.2 Å². The zero-order chi connectivity index (χ0) is 11.4. The number of piperidine rings is 1. The van der Waals surface area contributed by atoms with Crippen LogP contribution in [0.15, 0.2) is 24.3 Å². The molecular formula is C13H19NO2. The summed E-state index contributed by atoms with van der Waals surface area (Å²) >= 11 is 0. The summed E-state index contributed by atoms with van der Waals surface area (Å²) in [7, 11) is 1.78. The van der Waals surface area contributed by atoms with E-state index in [2.05, 4.69) is 11.0 Å². The lowest BCUT2D eigenvalue weighted by Crippen LogP contribution is -2.38. The summed E-state index contributed by atoms with van der Waals surface area (Å²) in [5.41, 5.74) is 1.16. The summed E-state index contributed by atoms with van der Waals surface area (Å²) in [5.74, 6) is 0.345. The summed E-state index contributed by atoms with van der Waals surface area (Å²) in [6, 6.07) is 7.48. The normalized spacial score (nSPS) is 22.2. The van der Waals surface area contributed by atoms with Crippen molar-refractivity contribution < 1.29 is 9.84 Å². The van der Waals surface area contributed by atoms with Gasteiger partial charge in [-0.1, -0.05) is 12.1 Å². The maximum absolute atomic E-state index is 9.40. The minimum absolute atomic E-state index is 0.345. The second-order valence-corrected chi connectivity index (χ2v) is 4.40. The van der Waals surface area contributed by atoms with E-state index in [4.69, 9.17) is 4.74 Å². The smallest absolute Gasteiger partial charge is 0.115 e.